The van der Waals surface area contributed by atoms with Crippen molar-refractivity contribution in [3.05, 3.63) is 71.1 Å². The fourth-order valence-corrected chi connectivity index (χ4v) is 4.60. The third-order valence-electron chi connectivity index (χ3n) is 6.23. The Labute approximate surface area is 202 Å². The van der Waals surface area contributed by atoms with Gasteiger partial charge in [-0.25, -0.2) is 4.68 Å². The zero-order valence-electron chi connectivity index (χ0n) is 19.5. The van der Waals surface area contributed by atoms with E-state index < -0.39 is 6.04 Å². The zero-order chi connectivity index (χ0) is 24.5. The Morgan fingerprint density at radius 1 is 1.23 bits per heavy atom. The molecule has 2 aromatic carbocycles. The largest absolute Gasteiger partial charge is 0.504 e. The number of carbonyl (C=O) groups is 2. The molecule has 5 rings (SSSR count). The second kappa shape index (κ2) is 9.17. The second-order valence-corrected chi connectivity index (χ2v) is 8.39. The molecule has 0 spiro atoms. The highest BCUT2D eigenvalue weighted by molar-refractivity contribution is 6.08. The molecule has 35 heavy (non-hydrogen) atoms. The first-order chi connectivity index (χ1) is 17.0. The fraction of sp³-hybridized carbons (Fsp3) is 0.269. The summed E-state index contributed by atoms with van der Waals surface area (Å²) in [6, 6.07) is 11.6. The number of methoxy groups -OCH3 is 1. The molecule has 1 aromatic heterocycles. The van der Waals surface area contributed by atoms with Gasteiger partial charge in [0.15, 0.2) is 17.3 Å². The number of amides is 1. The molecule has 3 aromatic rings. The Balaban J connectivity index is 1.52. The molecule has 0 saturated heterocycles. The van der Waals surface area contributed by atoms with Gasteiger partial charge in [-0.05, 0) is 61.7 Å². The van der Waals surface area contributed by atoms with Crippen molar-refractivity contribution in [3.63, 3.8) is 0 Å². The minimum Gasteiger partial charge on any atom is -0.504 e. The Morgan fingerprint density at radius 2 is 2.03 bits per heavy atom. The topological polar surface area (TPSA) is 115 Å². The number of fused-ring (bicyclic) bond motifs is 1. The third-order valence-corrected chi connectivity index (χ3v) is 6.23. The van der Waals surface area contributed by atoms with Crippen LogP contribution in [0.2, 0.25) is 0 Å². The van der Waals surface area contributed by atoms with Crippen LogP contribution in [0.15, 0.2) is 59.9 Å². The van der Waals surface area contributed by atoms with Gasteiger partial charge in [0.2, 0.25) is 0 Å². The van der Waals surface area contributed by atoms with Crippen LogP contribution in [0.1, 0.15) is 48.1 Å². The van der Waals surface area contributed by atoms with Crippen LogP contribution in [-0.4, -0.2) is 40.3 Å². The molecule has 2 aliphatic rings. The lowest BCUT2D eigenvalue weighted by Gasteiger charge is -2.33. The van der Waals surface area contributed by atoms with Gasteiger partial charge in [-0.15, -0.1) is 0 Å². The van der Waals surface area contributed by atoms with E-state index in [0.717, 1.165) is 23.4 Å². The molecule has 1 unspecified atom stereocenters. The predicted molar refractivity (Wildman–Crippen MR) is 130 cm³/mol. The van der Waals surface area contributed by atoms with Crippen LogP contribution in [0.5, 0.6) is 17.2 Å². The minimum absolute atomic E-state index is 0.00506. The maximum Gasteiger partial charge on any atom is 0.261 e. The Bertz CT molecular complexity index is 1330. The maximum atomic E-state index is 13.2. The summed E-state index contributed by atoms with van der Waals surface area (Å²) >= 11 is 0. The molecule has 1 amide bonds. The highest BCUT2D eigenvalue weighted by Crippen LogP contribution is 2.43. The minimum atomic E-state index is -0.546. The zero-order valence-corrected chi connectivity index (χ0v) is 19.5. The number of Topliss-reactive ketones (excluding diaryl/α,β-unsaturated/α-hetero) is 1. The molecule has 0 saturated carbocycles. The number of phenols is 1. The van der Waals surface area contributed by atoms with Crippen molar-refractivity contribution in [2.24, 2.45) is 0 Å². The number of anilines is 2. The molecule has 1 atom stereocenters. The average molecular weight is 475 g/mol. The number of aromatic hydroxyl groups is 1. The van der Waals surface area contributed by atoms with Gasteiger partial charge in [0.25, 0.3) is 5.91 Å². The van der Waals surface area contributed by atoms with E-state index in [9.17, 15) is 14.7 Å². The number of benzene rings is 2. The Morgan fingerprint density at radius 3 is 2.77 bits per heavy atom. The SMILES string of the molecule is CCOc1ccc(NC(=O)c2cnn3c2NC2=C(C(=O)CCC2)C3c2ccc(O)c(OC)c2)cc1. The van der Waals surface area contributed by atoms with E-state index in [0.29, 0.717) is 47.8 Å². The van der Waals surface area contributed by atoms with Crippen LogP contribution in [0.3, 0.4) is 0 Å². The average Bonchev–Trinajstić information content (AvgIpc) is 3.28. The van der Waals surface area contributed by atoms with Crippen LogP contribution in [-0.2, 0) is 4.79 Å². The number of hydrogen-bond acceptors (Lipinski definition) is 7. The molecular formula is C26H26N4O5. The van der Waals surface area contributed by atoms with Crippen molar-refractivity contribution in [2.45, 2.75) is 32.2 Å². The number of phenolic OH excluding ortho intramolecular Hbond substituents is 1. The molecule has 9 nitrogen and oxygen atoms in total. The highest BCUT2D eigenvalue weighted by Gasteiger charge is 2.37. The van der Waals surface area contributed by atoms with Crippen molar-refractivity contribution in [3.8, 4) is 17.2 Å². The molecular weight excluding hydrogens is 448 g/mol. The molecule has 2 heterocycles. The lowest BCUT2D eigenvalue weighted by molar-refractivity contribution is -0.116. The number of allylic oxidation sites excluding steroid dienone is 2. The summed E-state index contributed by atoms with van der Waals surface area (Å²) in [6.07, 6.45) is 3.38. The number of carbonyl (C=O) groups excluding carboxylic acids is 2. The van der Waals surface area contributed by atoms with E-state index in [2.05, 4.69) is 15.7 Å². The number of nitrogens with one attached hydrogen (secondary N) is 2. The molecule has 0 radical (unpaired) electrons. The van der Waals surface area contributed by atoms with Crippen molar-refractivity contribution in [1.29, 1.82) is 0 Å². The normalized spacial score (nSPS) is 16.7. The van der Waals surface area contributed by atoms with Gasteiger partial charge in [-0.2, -0.15) is 5.10 Å². The first-order valence-corrected chi connectivity index (χ1v) is 11.5. The number of rotatable bonds is 6. The van der Waals surface area contributed by atoms with Crippen LogP contribution in [0.25, 0.3) is 0 Å². The summed E-state index contributed by atoms with van der Waals surface area (Å²) in [7, 11) is 1.47. The van der Waals surface area contributed by atoms with Crippen molar-refractivity contribution < 1.29 is 24.2 Å². The highest BCUT2D eigenvalue weighted by atomic mass is 16.5. The molecule has 180 valence electrons. The Hall–Kier alpha value is -4.27. The third kappa shape index (κ3) is 4.09. The van der Waals surface area contributed by atoms with E-state index in [4.69, 9.17) is 9.47 Å². The number of hydrogen-bond donors (Lipinski definition) is 3. The first-order valence-electron chi connectivity index (χ1n) is 11.5. The fourth-order valence-electron chi connectivity index (χ4n) is 4.60. The summed E-state index contributed by atoms with van der Waals surface area (Å²) in [6.45, 7) is 2.47. The summed E-state index contributed by atoms with van der Waals surface area (Å²) in [5.41, 5.74) is 3.13. The second-order valence-electron chi connectivity index (χ2n) is 8.39. The molecule has 1 aliphatic carbocycles. The van der Waals surface area contributed by atoms with E-state index >= 15 is 0 Å². The molecule has 0 fully saturated rings. The van der Waals surface area contributed by atoms with Crippen LogP contribution >= 0.6 is 0 Å². The summed E-state index contributed by atoms with van der Waals surface area (Å²) in [4.78, 5) is 26.2. The molecule has 3 N–H and O–H groups in total. The first kappa shape index (κ1) is 22.5. The predicted octanol–water partition coefficient (Wildman–Crippen LogP) is 4.27. The van der Waals surface area contributed by atoms with Gasteiger partial charge in [0.1, 0.15) is 23.2 Å². The van der Waals surface area contributed by atoms with Crippen LogP contribution in [0, 0.1) is 0 Å². The Kier molecular flexibility index (Phi) is 5.90. The summed E-state index contributed by atoms with van der Waals surface area (Å²) in [5.74, 6) is 1.26. The van der Waals surface area contributed by atoms with Crippen LogP contribution in [0.4, 0.5) is 11.5 Å². The van der Waals surface area contributed by atoms with E-state index in [1.54, 1.807) is 41.1 Å². The monoisotopic (exact) mass is 474 g/mol. The van der Waals surface area contributed by atoms with Gasteiger partial charge in [0, 0.05) is 23.4 Å². The standard InChI is InChI=1S/C26H26N4O5/c1-3-35-17-10-8-16(9-11-17)28-26(33)18-14-27-30-24(15-7-12-20(31)22(13-15)34-2)23-19(29-25(18)30)5-4-6-21(23)32/h7-14,24,29,31H,3-6H2,1-2H3,(H,28,33). The number of ketones is 1. The van der Waals surface area contributed by atoms with E-state index in [1.807, 2.05) is 6.92 Å². The van der Waals surface area contributed by atoms with Gasteiger partial charge < -0.3 is 25.2 Å². The number of aromatic nitrogens is 2. The van der Waals surface area contributed by atoms with Crippen LogP contribution < -0.4 is 20.1 Å². The summed E-state index contributed by atoms with van der Waals surface area (Å²) < 4.78 is 12.4. The maximum absolute atomic E-state index is 13.2. The number of ether oxygens (including phenoxy) is 2. The summed E-state index contributed by atoms with van der Waals surface area (Å²) in [5, 5.41) is 20.8. The number of nitrogens with zero attached hydrogens (tertiary/aromatic N) is 2. The smallest absolute Gasteiger partial charge is 0.261 e. The van der Waals surface area contributed by atoms with Gasteiger partial charge in [-0.3, -0.25) is 9.59 Å². The lowest BCUT2D eigenvalue weighted by Crippen LogP contribution is -2.32. The van der Waals surface area contributed by atoms with Crippen molar-refractivity contribution in [1.82, 2.24) is 9.78 Å². The quantitative estimate of drug-likeness (QED) is 0.489. The molecule has 9 heteroatoms. The van der Waals surface area contributed by atoms with Gasteiger partial charge >= 0.3 is 0 Å². The van der Waals surface area contributed by atoms with E-state index in [1.165, 1.54) is 19.4 Å². The van der Waals surface area contributed by atoms with Gasteiger partial charge in [-0.1, -0.05) is 6.07 Å². The van der Waals surface area contributed by atoms with E-state index in [-0.39, 0.29) is 17.4 Å². The van der Waals surface area contributed by atoms with Gasteiger partial charge in [0.05, 0.1) is 19.9 Å². The molecule has 1 aliphatic heterocycles. The molecule has 0 bridgehead atoms. The lowest BCUT2D eigenvalue weighted by atomic mass is 9.85. The van der Waals surface area contributed by atoms with Crippen molar-refractivity contribution >= 4 is 23.2 Å². The van der Waals surface area contributed by atoms with Crippen molar-refractivity contribution in [2.75, 3.05) is 24.4 Å².